The monoisotopic (exact) mass is 323 g/mol. The predicted molar refractivity (Wildman–Crippen MR) is 93.5 cm³/mol. The second-order valence-electron chi connectivity index (χ2n) is 5.26. The summed E-state index contributed by atoms with van der Waals surface area (Å²) in [7, 11) is 0. The highest BCUT2D eigenvalue weighted by Crippen LogP contribution is 2.38. The molecule has 1 N–H and O–H groups in total. The number of hydrogen-bond acceptors (Lipinski definition) is 4. The third kappa shape index (κ3) is 2.84. The van der Waals surface area contributed by atoms with Crippen LogP contribution in [0.2, 0.25) is 0 Å². The first kappa shape index (κ1) is 14.6. The molecule has 1 aliphatic rings. The van der Waals surface area contributed by atoms with E-state index in [1.807, 2.05) is 22.7 Å². The lowest BCUT2D eigenvalue weighted by molar-refractivity contribution is 0.638. The quantitative estimate of drug-likeness (QED) is 0.857. The van der Waals surface area contributed by atoms with Crippen LogP contribution in [0, 0.1) is 13.8 Å². The molecule has 1 unspecified atom stereocenters. The molecule has 20 heavy (non-hydrogen) atoms. The predicted octanol–water partition coefficient (Wildman–Crippen LogP) is 4.91. The van der Waals surface area contributed by atoms with Crippen LogP contribution < -0.4 is 5.32 Å². The number of rotatable bonds is 4. The Hall–Kier alpha value is -0.290. The summed E-state index contributed by atoms with van der Waals surface area (Å²) in [5.41, 5.74) is 3.05. The standard InChI is InChI=1S/C16H21NS3/c1-4-17-16(13-7-10(2)19-11(13)3)15-8-12-9-18-6-5-14(12)20-15/h7-8,16-17H,4-6,9H2,1-3H3. The summed E-state index contributed by atoms with van der Waals surface area (Å²) in [4.78, 5) is 5.98. The van der Waals surface area contributed by atoms with E-state index in [1.165, 1.54) is 38.1 Å². The van der Waals surface area contributed by atoms with Crippen LogP contribution in [0.1, 0.15) is 43.6 Å². The van der Waals surface area contributed by atoms with Crippen molar-refractivity contribution in [3.63, 3.8) is 0 Å². The van der Waals surface area contributed by atoms with Crippen LogP contribution in [-0.4, -0.2) is 12.3 Å². The lowest BCUT2D eigenvalue weighted by Gasteiger charge is -2.16. The maximum atomic E-state index is 3.69. The van der Waals surface area contributed by atoms with E-state index in [4.69, 9.17) is 0 Å². The Bertz CT molecular complexity index is 573. The Kier molecular flexibility index (Phi) is 4.55. The molecule has 0 amide bonds. The lowest BCUT2D eigenvalue weighted by Crippen LogP contribution is -2.21. The Morgan fingerprint density at radius 1 is 1.25 bits per heavy atom. The minimum absolute atomic E-state index is 0.380. The van der Waals surface area contributed by atoms with Gasteiger partial charge in [-0.15, -0.1) is 22.7 Å². The first-order valence-electron chi connectivity index (χ1n) is 7.18. The number of aryl methyl sites for hydroxylation is 3. The molecular formula is C16H21NS3. The minimum Gasteiger partial charge on any atom is -0.306 e. The van der Waals surface area contributed by atoms with E-state index in [2.05, 4.69) is 50.0 Å². The third-order valence-corrected chi connectivity index (χ3v) is 7.02. The number of thiophene rings is 2. The van der Waals surface area contributed by atoms with Gasteiger partial charge in [-0.3, -0.25) is 0 Å². The Morgan fingerprint density at radius 3 is 2.75 bits per heavy atom. The van der Waals surface area contributed by atoms with Crippen LogP contribution in [0.25, 0.3) is 0 Å². The van der Waals surface area contributed by atoms with Crippen LogP contribution in [0.3, 0.4) is 0 Å². The molecule has 0 aromatic carbocycles. The van der Waals surface area contributed by atoms with Gasteiger partial charge in [0.25, 0.3) is 0 Å². The van der Waals surface area contributed by atoms with Gasteiger partial charge >= 0.3 is 0 Å². The molecule has 1 atom stereocenters. The molecule has 3 heterocycles. The molecule has 0 spiro atoms. The van der Waals surface area contributed by atoms with Crippen LogP contribution in [0.15, 0.2) is 12.1 Å². The van der Waals surface area contributed by atoms with Crippen molar-refractivity contribution in [2.24, 2.45) is 0 Å². The van der Waals surface area contributed by atoms with E-state index in [0.717, 1.165) is 6.54 Å². The molecule has 4 heteroatoms. The summed E-state index contributed by atoms with van der Waals surface area (Å²) in [6.45, 7) is 7.67. The fraction of sp³-hybridized carbons (Fsp3) is 0.500. The van der Waals surface area contributed by atoms with E-state index in [9.17, 15) is 0 Å². The zero-order valence-electron chi connectivity index (χ0n) is 12.3. The summed E-state index contributed by atoms with van der Waals surface area (Å²) in [6.07, 6.45) is 1.26. The Morgan fingerprint density at radius 2 is 2.10 bits per heavy atom. The third-order valence-electron chi connectivity index (χ3n) is 3.73. The molecule has 0 fully saturated rings. The topological polar surface area (TPSA) is 12.0 Å². The normalized spacial score (nSPS) is 16.1. The summed E-state index contributed by atoms with van der Waals surface area (Å²) < 4.78 is 0. The van der Waals surface area contributed by atoms with E-state index in [-0.39, 0.29) is 0 Å². The Labute approximate surface area is 133 Å². The first-order chi connectivity index (χ1) is 9.69. The van der Waals surface area contributed by atoms with Crippen molar-refractivity contribution in [2.45, 2.75) is 39.0 Å². The van der Waals surface area contributed by atoms with E-state index in [1.54, 1.807) is 10.4 Å². The zero-order chi connectivity index (χ0) is 14.1. The van der Waals surface area contributed by atoms with Gasteiger partial charge in [0.15, 0.2) is 0 Å². The SMILES string of the molecule is CCNC(c1cc2c(s1)CCSC2)c1cc(C)sc1C. The smallest absolute Gasteiger partial charge is 0.0682 e. The molecule has 1 nitrogen and oxygen atoms in total. The molecule has 3 rings (SSSR count). The molecule has 0 saturated carbocycles. The van der Waals surface area contributed by atoms with Crippen molar-refractivity contribution in [1.82, 2.24) is 5.32 Å². The zero-order valence-corrected chi connectivity index (χ0v) is 14.7. The molecule has 2 aromatic heterocycles. The number of thioether (sulfide) groups is 1. The van der Waals surface area contributed by atoms with Crippen LogP contribution >= 0.6 is 34.4 Å². The highest BCUT2D eigenvalue weighted by atomic mass is 32.2. The minimum atomic E-state index is 0.380. The molecule has 0 saturated heterocycles. The van der Waals surface area contributed by atoms with E-state index < -0.39 is 0 Å². The van der Waals surface area contributed by atoms with Crippen LogP contribution in [0.5, 0.6) is 0 Å². The number of fused-ring (bicyclic) bond motifs is 1. The second kappa shape index (κ2) is 6.22. The summed E-state index contributed by atoms with van der Waals surface area (Å²) in [5, 5.41) is 3.69. The largest absolute Gasteiger partial charge is 0.306 e. The highest BCUT2D eigenvalue weighted by molar-refractivity contribution is 7.98. The molecule has 0 radical (unpaired) electrons. The average molecular weight is 324 g/mol. The van der Waals surface area contributed by atoms with Gasteiger partial charge in [0.2, 0.25) is 0 Å². The van der Waals surface area contributed by atoms with Crippen LogP contribution in [0.4, 0.5) is 0 Å². The second-order valence-corrected chi connectivity index (χ2v) is 8.99. The van der Waals surface area contributed by atoms with Gasteiger partial charge in [0.1, 0.15) is 0 Å². The Balaban J connectivity index is 1.98. The van der Waals surface area contributed by atoms with Gasteiger partial charge in [0, 0.05) is 25.3 Å². The van der Waals surface area contributed by atoms with Crippen molar-refractivity contribution in [1.29, 1.82) is 0 Å². The van der Waals surface area contributed by atoms with Crippen molar-refractivity contribution < 1.29 is 0 Å². The average Bonchev–Trinajstić information content (AvgIpc) is 2.99. The van der Waals surface area contributed by atoms with Gasteiger partial charge in [-0.2, -0.15) is 11.8 Å². The molecule has 108 valence electrons. The molecule has 2 aromatic rings. The van der Waals surface area contributed by atoms with Crippen molar-refractivity contribution in [3.8, 4) is 0 Å². The number of nitrogens with one attached hydrogen (secondary N) is 1. The maximum Gasteiger partial charge on any atom is 0.0682 e. The fourth-order valence-electron chi connectivity index (χ4n) is 2.82. The number of hydrogen-bond donors (Lipinski definition) is 1. The maximum absolute atomic E-state index is 3.69. The van der Waals surface area contributed by atoms with Gasteiger partial charge in [0.05, 0.1) is 6.04 Å². The summed E-state index contributed by atoms with van der Waals surface area (Å²) in [5.74, 6) is 2.49. The first-order valence-corrected chi connectivity index (χ1v) is 9.97. The summed E-state index contributed by atoms with van der Waals surface area (Å²) in [6, 6.07) is 5.19. The van der Waals surface area contributed by atoms with Gasteiger partial charge in [-0.25, -0.2) is 0 Å². The highest BCUT2D eigenvalue weighted by Gasteiger charge is 2.22. The van der Waals surface area contributed by atoms with E-state index >= 15 is 0 Å². The van der Waals surface area contributed by atoms with Gasteiger partial charge in [-0.05, 0) is 55.8 Å². The molecule has 0 bridgehead atoms. The van der Waals surface area contributed by atoms with E-state index in [0.29, 0.717) is 6.04 Å². The van der Waals surface area contributed by atoms with Crippen molar-refractivity contribution >= 4 is 34.4 Å². The molecule has 1 aliphatic heterocycles. The fourth-order valence-corrected chi connectivity index (χ4v) is 6.25. The molecular weight excluding hydrogens is 302 g/mol. The van der Waals surface area contributed by atoms with Crippen molar-refractivity contribution in [2.75, 3.05) is 12.3 Å². The van der Waals surface area contributed by atoms with Gasteiger partial charge < -0.3 is 5.32 Å². The lowest BCUT2D eigenvalue weighted by atomic mass is 10.0. The van der Waals surface area contributed by atoms with Gasteiger partial charge in [-0.1, -0.05) is 6.92 Å². The van der Waals surface area contributed by atoms with Crippen molar-refractivity contribution in [3.05, 3.63) is 42.8 Å². The van der Waals surface area contributed by atoms with Crippen LogP contribution in [-0.2, 0) is 12.2 Å². The molecule has 0 aliphatic carbocycles. The summed E-state index contributed by atoms with van der Waals surface area (Å²) >= 11 is 6.01.